The quantitative estimate of drug-likeness (QED) is 0.409. The van der Waals surface area contributed by atoms with E-state index in [1.54, 1.807) is 12.1 Å². The smallest absolute Gasteiger partial charge is 0.308 e. The molecule has 3 nitrogen and oxygen atoms in total. The minimum atomic E-state index is -0.418. The molecule has 0 fully saturated rings. The number of carbonyl (C=O) groups is 2. The van der Waals surface area contributed by atoms with Crippen molar-refractivity contribution in [1.82, 2.24) is 0 Å². The van der Waals surface area contributed by atoms with Crippen LogP contribution in [0.2, 0.25) is 0 Å². The van der Waals surface area contributed by atoms with Crippen LogP contribution in [0, 0.1) is 6.92 Å². The molecule has 0 aromatic heterocycles. The molecule has 1 aromatic carbocycles. The zero-order valence-electron chi connectivity index (χ0n) is 8.46. The number of benzene rings is 1. The number of ether oxygens (including phenoxy) is 1. The first-order valence-electron chi connectivity index (χ1n) is 4.31. The predicted molar refractivity (Wildman–Crippen MR) is 52.5 cm³/mol. The molecule has 0 saturated carbocycles. The van der Waals surface area contributed by atoms with Crippen LogP contribution in [0.4, 0.5) is 0 Å². The van der Waals surface area contributed by atoms with Crippen molar-refractivity contribution in [3.05, 3.63) is 29.3 Å². The van der Waals surface area contributed by atoms with Gasteiger partial charge in [-0.3, -0.25) is 9.59 Å². The zero-order valence-corrected chi connectivity index (χ0v) is 8.46. The Kier molecular flexibility index (Phi) is 3.02. The number of rotatable bonds is 2. The van der Waals surface area contributed by atoms with E-state index in [0.29, 0.717) is 11.3 Å². The average Bonchev–Trinajstić information content (AvgIpc) is 2.01. The van der Waals surface area contributed by atoms with Gasteiger partial charge in [0.25, 0.3) is 0 Å². The second kappa shape index (κ2) is 4.05. The monoisotopic (exact) mass is 192 g/mol. The fourth-order valence-electron chi connectivity index (χ4n) is 1.33. The molecule has 0 amide bonds. The van der Waals surface area contributed by atoms with E-state index in [1.165, 1.54) is 13.8 Å². The van der Waals surface area contributed by atoms with Crippen LogP contribution in [0.1, 0.15) is 29.8 Å². The highest BCUT2D eigenvalue weighted by Gasteiger charge is 2.12. The lowest BCUT2D eigenvalue weighted by Crippen LogP contribution is -2.07. The van der Waals surface area contributed by atoms with Gasteiger partial charge in [-0.25, -0.2) is 0 Å². The van der Waals surface area contributed by atoms with Gasteiger partial charge >= 0.3 is 5.97 Å². The minimum Gasteiger partial charge on any atom is -0.426 e. The molecule has 1 aromatic rings. The lowest BCUT2D eigenvalue weighted by atomic mass is 10.0. The molecule has 0 aliphatic carbocycles. The van der Waals surface area contributed by atoms with Gasteiger partial charge in [0.05, 0.1) is 5.56 Å². The van der Waals surface area contributed by atoms with Gasteiger partial charge in [-0.2, -0.15) is 0 Å². The molecule has 0 aliphatic rings. The highest BCUT2D eigenvalue weighted by Crippen LogP contribution is 2.22. The molecule has 3 heteroatoms. The second-order valence-electron chi connectivity index (χ2n) is 3.10. The summed E-state index contributed by atoms with van der Waals surface area (Å²) in [5.41, 5.74) is 1.29. The van der Waals surface area contributed by atoms with E-state index in [4.69, 9.17) is 4.74 Å². The van der Waals surface area contributed by atoms with Crippen LogP contribution < -0.4 is 4.74 Å². The number of hydrogen-bond donors (Lipinski definition) is 0. The summed E-state index contributed by atoms with van der Waals surface area (Å²) < 4.78 is 4.93. The third kappa shape index (κ3) is 2.19. The number of carbonyl (C=O) groups excluding carboxylic acids is 2. The van der Waals surface area contributed by atoms with Crippen molar-refractivity contribution in [2.75, 3.05) is 0 Å². The maximum Gasteiger partial charge on any atom is 0.308 e. The first-order chi connectivity index (χ1) is 6.52. The summed E-state index contributed by atoms with van der Waals surface area (Å²) in [7, 11) is 0. The van der Waals surface area contributed by atoms with Gasteiger partial charge in [-0.1, -0.05) is 12.1 Å². The molecule has 14 heavy (non-hydrogen) atoms. The van der Waals surface area contributed by atoms with Crippen molar-refractivity contribution in [1.29, 1.82) is 0 Å². The van der Waals surface area contributed by atoms with Crippen LogP contribution in [0.25, 0.3) is 0 Å². The maximum absolute atomic E-state index is 11.3. The van der Waals surface area contributed by atoms with E-state index in [-0.39, 0.29) is 5.78 Å². The minimum absolute atomic E-state index is 0.0978. The summed E-state index contributed by atoms with van der Waals surface area (Å²) in [5, 5.41) is 0. The van der Waals surface area contributed by atoms with Crippen molar-refractivity contribution in [2.45, 2.75) is 20.8 Å². The van der Waals surface area contributed by atoms with Crippen LogP contribution in [-0.2, 0) is 4.79 Å². The van der Waals surface area contributed by atoms with E-state index in [0.717, 1.165) is 5.56 Å². The summed E-state index contributed by atoms with van der Waals surface area (Å²) in [6.07, 6.45) is 0. The van der Waals surface area contributed by atoms with Crippen LogP contribution in [0.15, 0.2) is 18.2 Å². The molecule has 0 radical (unpaired) electrons. The predicted octanol–water partition coefficient (Wildman–Crippen LogP) is 2.12. The van der Waals surface area contributed by atoms with E-state index in [1.807, 2.05) is 13.0 Å². The molecular formula is C11H12O3. The van der Waals surface area contributed by atoms with Crippen molar-refractivity contribution < 1.29 is 14.3 Å². The van der Waals surface area contributed by atoms with Gasteiger partial charge in [0.1, 0.15) is 5.75 Å². The van der Waals surface area contributed by atoms with Gasteiger partial charge in [-0.05, 0) is 25.5 Å². The summed E-state index contributed by atoms with van der Waals surface area (Å²) >= 11 is 0. The summed E-state index contributed by atoms with van der Waals surface area (Å²) in [6.45, 7) is 4.57. The molecule has 0 bridgehead atoms. The van der Waals surface area contributed by atoms with Gasteiger partial charge < -0.3 is 4.74 Å². The molecule has 0 spiro atoms. The Morgan fingerprint density at radius 2 is 1.86 bits per heavy atom. The fourth-order valence-corrected chi connectivity index (χ4v) is 1.33. The van der Waals surface area contributed by atoms with Crippen molar-refractivity contribution in [3.63, 3.8) is 0 Å². The zero-order chi connectivity index (χ0) is 10.7. The molecule has 1 rings (SSSR count). The first kappa shape index (κ1) is 10.4. The van der Waals surface area contributed by atoms with Crippen LogP contribution in [0.5, 0.6) is 5.75 Å². The van der Waals surface area contributed by atoms with Gasteiger partial charge in [-0.15, -0.1) is 0 Å². The van der Waals surface area contributed by atoms with Crippen molar-refractivity contribution in [3.8, 4) is 5.75 Å². The van der Waals surface area contributed by atoms with Crippen LogP contribution >= 0.6 is 0 Å². The largest absolute Gasteiger partial charge is 0.426 e. The third-order valence-electron chi connectivity index (χ3n) is 1.84. The molecule has 0 N–H and O–H groups in total. The third-order valence-corrected chi connectivity index (χ3v) is 1.84. The van der Waals surface area contributed by atoms with Crippen molar-refractivity contribution >= 4 is 11.8 Å². The van der Waals surface area contributed by atoms with Gasteiger partial charge in [0.15, 0.2) is 5.78 Å². The van der Waals surface area contributed by atoms with Crippen LogP contribution in [0.3, 0.4) is 0 Å². The summed E-state index contributed by atoms with van der Waals surface area (Å²) in [6, 6.07) is 5.18. The lowest BCUT2D eigenvalue weighted by Gasteiger charge is -2.08. The Hall–Kier alpha value is -1.64. The summed E-state index contributed by atoms with van der Waals surface area (Å²) in [5.74, 6) is -0.178. The average molecular weight is 192 g/mol. The molecule has 0 heterocycles. The summed E-state index contributed by atoms with van der Waals surface area (Å²) in [4.78, 5) is 22.0. The Morgan fingerprint density at radius 1 is 1.21 bits per heavy atom. The second-order valence-corrected chi connectivity index (χ2v) is 3.10. The standard InChI is InChI=1S/C11H12O3/c1-7-5-4-6-10(14-9(3)13)11(7)8(2)12/h4-6H,1-3H3. The number of hydrogen-bond acceptors (Lipinski definition) is 3. The van der Waals surface area contributed by atoms with Gasteiger partial charge in [0.2, 0.25) is 0 Å². The Balaban J connectivity index is 3.21. The number of Topliss-reactive ketones (excluding diaryl/α,β-unsaturated/α-hetero) is 1. The molecular weight excluding hydrogens is 180 g/mol. The molecule has 0 aliphatic heterocycles. The molecule has 0 unspecified atom stereocenters. The Morgan fingerprint density at radius 3 is 2.36 bits per heavy atom. The van der Waals surface area contributed by atoms with Crippen molar-refractivity contribution in [2.24, 2.45) is 0 Å². The number of aryl methyl sites for hydroxylation is 1. The number of ketones is 1. The lowest BCUT2D eigenvalue weighted by molar-refractivity contribution is -0.131. The SMILES string of the molecule is CC(=O)Oc1cccc(C)c1C(C)=O. The highest BCUT2D eigenvalue weighted by molar-refractivity contribution is 5.98. The normalized spacial score (nSPS) is 9.64. The van der Waals surface area contributed by atoms with E-state index in [9.17, 15) is 9.59 Å². The van der Waals surface area contributed by atoms with E-state index in [2.05, 4.69) is 0 Å². The Labute approximate surface area is 82.7 Å². The van der Waals surface area contributed by atoms with Gasteiger partial charge in [0, 0.05) is 6.92 Å². The van der Waals surface area contributed by atoms with E-state index < -0.39 is 5.97 Å². The van der Waals surface area contributed by atoms with Crippen LogP contribution in [-0.4, -0.2) is 11.8 Å². The maximum atomic E-state index is 11.3. The fraction of sp³-hybridized carbons (Fsp3) is 0.273. The molecule has 0 atom stereocenters. The topological polar surface area (TPSA) is 43.4 Å². The molecule has 0 saturated heterocycles. The number of esters is 1. The Bertz CT molecular complexity index is 380. The van der Waals surface area contributed by atoms with E-state index >= 15 is 0 Å². The first-order valence-corrected chi connectivity index (χ1v) is 4.31. The molecule has 74 valence electrons. The highest BCUT2D eigenvalue weighted by atomic mass is 16.5.